The van der Waals surface area contributed by atoms with Crippen molar-refractivity contribution >= 4 is 23.5 Å². The summed E-state index contributed by atoms with van der Waals surface area (Å²) in [6, 6.07) is 11.3. The number of aromatic amines is 1. The molecule has 3 N–H and O–H groups in total. The number of nitrogens with one attached hydrogen (secondary N) is 2. The number of esters is 1. The van der Waals surface area contributed by atoms with Crippen molar-refractivity contribution < 1.29 is 23.8 Å². The number of ether oxygens (including phenoxy) is 1. The minimum absolute atomic E-state index is 0.0236. The molecule has 0 aliphatic carbocycles. The molecular weight excluding hydrogens is 513 g/mol. The fourth-order valence-corrected chi connectivity index (χ4v) is 4.83. The Hall–Kier alpha value is -3.34. The highest BCUT2D eigenvalue weighted by molar-refractivity contribution is 6.30. The molecule has 0 unspecified atom stereocenters. The van der Waals surface area contributed by atoms with Gasteiger partial charge in [0.05, 0.1) is 25.3 Å². The van der Waals surface area contributed by atoms with Crippen LogP contribution in [0.15, 0.2) is 48.7 Å². The molecule has 11 heteroatoms. The van der Waals surface area contributed by atoms with Crippen LogP contribution >= 0.6 is 11.6 Å². The van der Waals surface area contributed by atoms with Gasteiger partial charge < -0.3 is 15.2 Å². The fraction of sp³-hybridized carbons (Fsp3) is 0.407. The zero-order chi connectivity index (χ0) is 27.1. The van der Waals surface area contributed by atoms with Gasteiger partial charge in [-0.25, -0.2) is 4.39 Å². The van der Waals surface area contributed by atoms with E-state index in [0.717, 1.165) is 18.5 Å². The topological polar surface area (TPSA) is 120 Å². The first-order chi connectivity index (χ1) is 18.4. The van der Waals surface area contributed by atoms with Crippen molar-refractivity contribution in [3.63, 3.8) is 0 Å². The van der Waals surface area contributed by atoms with E-state index in [1.165, 1.54) is 18.3 Å². The van der Waals surface area contributed by atoms with E-state index in [1.807, 2.05) is 12.1 Å². The highest BCUT2D eigenvalue weighted by Crippen LogP contribution is 2.27. The number of aliphatic hydroxyl groups excluding tert-OH is 1. The van der Waals surface area contributed by atoms with Crippen LogP contribution in [0.4, 0.5) is 4.39 Å². The number of H-pyrrole nitrogens is 1. The molecule has 0 spiro atoms. The summed E-state index contributed by atoms with van der Waals surface area (Å²) in [5.74, 6) is -1.61. The molecule has 0 bridgehead atoms. The van der Waals surface area contributed by atoms with E-state index in [4.69, 9.17) is 16.3 Å². The molecule has 3 aromatic rings. The van der Waals surface area contributed by atoms with Gasteiger partial charge in [-0.15, -0.1) is 5.10 Å². The lowest BCUT2D eigenvalue weighted by molar-refractivity contribution is -0.150. The third-order valence-electron chi connectivity index (χ3n) is 6.79. The Morgan fingerprint density at radius 3 is 2.71 bits per heavy atom. The van der Waals surface area contributed by atoms with Crippen LogP contribution in [0.3, 0.4) is 0 Å². The molecule has 38 heavy (non-hydrogen) atoms. The van der Waals surface area contributed by atoms with Crippen molar-refractivity contribution in [3.05, 3.63) is 70.8 Å². The van der Waals surface area contributed by atoms with Gasteiger partial charge in [0.15, 0.2) is 0 Å². The van der Waals surface area contributed by atoms with E-state index in [9.17, 15) is 19.1 Å². The molecule has 0 radical (unpaired) electrons. The third-order valence-corrected chi connectivity index (χ3v) is 7.03. The zero-order valence-corrected chi connectivity index (χ0v) is 21.8. The number of hydrogen-bond donors (Lipinski definition) is 3. The summed E-state index contributed by atoms with van der Waals surface area (Å²) in [7, 11) is 0. The van der Waals surface area contributed by atoms with Gasteiger partial charge in [0.2, 0.25) is 0 Å². The molecule has 1 aliphatic rings. The Bertz CT molecular complexity index is 1220. The second-order valence-electron chi connectivity index (χ2n) is 9.37. The molecule has 9 nitrogen and oxygen atoms in total. The monoisotopic (exact) mass is 543 g/mol. The van der Waals surface area contributed by atoms with Crippen LogP contribution in [0.1, 0.15) is 35.8 Å². The average molecular weight is 544 g/mol. The van der Waals surface area contributed by atoms with Gasteiger partial charge in [-0.3, -0.25) is 19.6 Å². The van der Waals surface area contributed by atoms with Crippen LogP contribution < -0.4 is 5.32 Å². The summed E-state index contributed by atoms with van der Waals surface area (Å²) in [5.41, 5.74) is 2.17. The van der Waals surface area contributed by atoms with E-state index < -0.39 is 17.9 Å². The Kier molecular flexibility index (Phi) is 9.43. The summed E-state index contributed by atoms with van der Waals surface area (Å²) in [4.78, 5) is 27.8. The van der Waals surface area contributed by atoms with E-state index in [1.54, 1.807) is 25.1 Å². The normalized spacial score (nSPS) is 16.9. The summed E-state index contributed by atoms with van der Waals surface area (Å²) in [6.45, 7) is 3.25. The van der Waals surface area contributed by atoms with Crippen molar-refractivity contribution in [3.8, 4) is 11.1 Å². The molecule has 1 amide bonds. The van der Waals surface area contributed by atoms with E-state index in [2.05, 4.69) is 25.6 Å². The minimum Gasteiger partial charge on any atom is -0.466 e. The second-order valence-corrected chi connectivity index (χ2v) is 9.81. The number of carbonyl (C=O) groups is 2. The number of amides is 1. The quantitative estimate of drug-likeness (QED) is 0.300. The lowest BCUT2D eigenvalue weighted by atomic mass is 9.91. The van der Waals surface area contributed by atoms with E-state index in [-0.39, 0.29) is 36.7 Å². The smallest absolute Gasteiger partial charge is 0.310 e. The summed E-state index contributed by atoms with van der Waals surface area (Å²) in [5, 5.41) is 22.8. The Morgan fingerprint density at radius 1 is 1.29 bits per heavy atom. The number of aliphatic hydroxyl groups is 1. The molecule has 2 aromatic carbocycles. The first kappa shape index (κ1) is 27.7. The number of aromatic nitrogens is 3. The van der Waals surface area contributed by atoms with Crippen molar-refractivity contribution in [2.24, 2.45) is 5.92 Å². The predicted molar refractivity (Wildman–Crippen MR) is 140 cm³/mol. The van der Waals surface area contributed by atoms with Gasteiger partial charge >= 0.3 is 5.97 Å². The van der Waals surface area contributed by atoms with E-state index in [0.29, 0.717) is 35.5 Å². The van der Waals surface area contributed by atoms with Crippen LogP contribution in [0.25, 0.3) is 11.1 Å². The molecule has 1 aliphatic heterocycles. The van der Waals surface area contributed by atoms with Crippen molar-refractivity contribution in [2.45, 2.75) is 38.3 Å². The average Bonchev–Trinajstić information content (AvgIpc) is 3.43. The number of rotatable bonds is 12. The van der Waals surface area contributed by atoms with E-state index >= 15 is 0 Å². The van der Waals surface area contributed by atoms with Gasteiger partial charge in [-0.1, -0.05) is 41.1 Å². The number of halogens is 2. The standard InChI is InChI=1S/C27H31ClFN5O4/c1-2-38-27(37)19(15-34-10-9-22(34)16-35)12-21(31-26(36)25-14-30-33-32-25)11-17-3-5-18(6-4-17)23-13-20(28)7-8-24(23)29/h3-8,13-14,19,21-22,35H,2,9-12,15-16H2,1H3,(H,31,36)(H,30,32,33)/t19-,21+,22-/m0/s1. The Morgan fingerprint density at radius 2 is 2.08 bits per heavy atom. The molecule has 2 heterocycles. The number of benzene rings is 2. The molecule has 0 saturated carbocycles. The van der Waals surface area contributed by atoms with Gasteiger partial charge in [0.1, 0.15) is 11.5 Å². The van der Waals surface area contributed by atoms with Crippen LogP contribution in [0, 0.1) is 11.7 Å². The molecule has 1 aromatic heterocycles. The van der Waals surface area contributed by atoms with Crippen molar-refractivity contribution in [1.82, 2.24) is 25.6 Å². The van der Waals surface area contributed by atoms with Crippen LogP contribution in [0.2, 0.25) is 5.02 Å². The molecule has 202 valence electrons. The van der Waals surface area contributed by atoms with Crippen LogP contribution in [0.5, 0.6) is 0 Å². The molecular formula is C27H31ClFN5O4. The second kappa shape index (κ2) is 12.9. The highest BCUT2D eigenvalue weighted by atomic mass is 35.5. The Balaban J connectivity index is 1.53. The first-order valence-corrected chi connectivity index (χ1v) is 13.0. The van der Waals surface area contributed by atoms with Gasteiger partial charge in [0, 0.05) is 35.8 Å². The van der Waals surface area contributed by atoms with Crippen molar-refractivity contribution in [2.75, 3.05) is 26.3 Å². The number of carbonyl (C=O) groups excluding carboxylic acids is 2. The van der Waals surface area contributed by atoms with Crippen LogP contribution in [-0.4, -0.2) is 75.7 Å². The Labute approximate surface area is 225 Å². The minimum atomic E-state index is -0.505. The van der Waals surface area contributed by atoms with Gasteiger partial charge in [-0.05, 0) is 55.5 Å². The van der Waals surface area contributed by atoms with Crippen LogP contribution in [-0.2, 0) is 16.0 Å². The summed E-state index contributed by atoms with van der Waals surface area (Å²) < 4.78 is 19.7. The third kappa shape index (κ3) is 6.94. The molecule has 1 saturated heterocycles. The highest BCUT2D eigenvalue weighted by Gasteiger charge is 2.34. The summed E-state index contributed by atoms with van der Waals surface area (Å²) in [6.07, 6.45) is 2.95. The number of likely N-dealkylation sites (tertiary alicyclic amines) is 1. The predicted octanol–water partition coefficient (Wildman–Crippen LogP) is 3.24. The lowest BCUT2D eigenvalue weighted by Gasteiger charge is -2.41. The van der Waals surface area contributed by atoms with Gasteiger partial charge in [0.25, 0.3) is 5.91 Å². The zero-order valence-electron chi connectivity index (χ0n) is 21.1. The molecule has 1 fully saturated rings. The maximum Gasteiger partial charge on any atom is 0.310 e. The largest absolute Gasteiger partial charge is 0.466 e. The molecule has 3 atom stereocenters. The molecule has 4 rings (SSSR count). The lowest BCUT2D eigenvalue weighted by Crippen LogP contribution is -2.53. The van der Waals surface area contributed by atoms with Crippen molar-refractivity contribution in [1.29, 1.82) is 0 Å². The SMILES string of the molecule is CCOC(=O)[C@@H](C[C@@H](Cc1ccc(-c2cc(Cl)ccc2F)cc1)NC(=O)c1cnn[nH]1)CN1CC[C@H]1CO. The fourth-order valence-electron chi connectivity index (χ4n) is 4.66. The maximum atomic E-state index is 14.3. The first-order valence-electron chi connectivity index (χ1n) is 12.6. The van der Waals surface area contributed by atoms with Gasteiger partial charge in [-0.2, -0.15) is 0 Å². The number of nitrogens with zero attached hydrogens (tertiary/aromatic N) is 3. The maximum absolute atomic E-state index is 14.3. The number of hydrogen-bond acceptors (Lipinski definition) is 7. The summed E-state index contributed by atoms with van der Waals surface area (Å²) >= 11 is 6.05.